The van der Waals surface area contributed by atoms with E-state index in [4.69, 9.17) is 19.7 Å². The topological polar surface area (TPSA) is 76.4 Å². The minimum absolute atomic E-state index is 0.0135. The maximum atomic E-state index is 14.0. The van der Waals surface area contributed by atoms with Gasteiger partial charge in [0.25, 0.3) is 6.71 Å². The van der Waals surface area contributed by atoms with Crippen molar-refractivity contribution < 1.29 is 9.53 Å². The smallest absolute Gasteiger partial charge is 0.338 e. The van der Waals surface area contributed by atoms with Gasteiger partial charge in [-0.1, -0.05) is 212 Å². The Kier molecular flexibility index (Phi) is 12.3. The molecular weight excluding hydrogens is 1050 g/mol. The maximum Gasteiger partial charge on any atom is 0.338 e. The quantitative estimate of drug-likeness (QED) is 0.0943. The molecule has 0 unspecified atom stereocenters. The molecule has 2 aromatic heterocycles. The molecule has 16 rings (SSSR count). The Bertz CT molecular complexity index is 4750. The Labute approximate surface area is 498 Å². The number of aromatic nitrogens is 4. The van der Waals surface area contributed by atoms with E-state index in [1.807, 2.05) is 109 Å². The number of rotatable bonds is 11. The Morgan fingerprint density at radius 1 is 0.372 bits per heavy atom. The monoisotopic (exact) mass is 1100 g/mol. The van der Waals surface area contributed by atoms with E-state index in [2.05, 4.69) is 202 Å². The number of para-hydroxylation sites is 6. The summed E-state index contributed by atoms with van der Waals surface area (Å²) in [6.07, 6.45) is 0. The molecule has 0 saturated heterocycles. The van der Waals surface area contributed by atoms with Crippen molar-refractivity contribution in [2.75, 3.05) is 9.80 Å². The Morgan fingerprint density at radius 3 is 1.49 bits per heavy atom. The lowest BCUT2D eigenvalue weighted by molar-refractivity contribution is 0.0473. The molecular formula is C77H51BN6O2. The number of carbonyl (C=O) groups excluding carboxylic acids is 1. The van der Waals surface area contributed by atoms with Crippen LogP contribution in [0.5, 0.6) is 0 Å². The molecule has 9 heteroatoms. The summed E-state index contributed by atoms with van der Waals surface area (Å²) in [5.74, 6) is 1.25. The van der Waals surface area contributed by atoms with Crippen molar-refractivity contribution in [2.45, 2.75) is 6.61 Å². The van der Waals surface area contributed by atoms with E-state index in [9.17, 15) is 4.79 Å². The standard InChI is InChI=1S/C77H51BN6O2/c85-77(86-50-51-24-6-1-7-25-51)56-44-45-67-63(47-56)61-36-16-19-41-66(61)84(67)73-60(37-23-38-62(73)76-80-74(52-26-8-2-9-27-52)79-75(81-76)53-28-10-3-11-29-53)55-31-22-30-54(46-55)57-48-70-72-71(49-57)83(59-34-14-5-15-35-59)69-43-21-18-40-65(69)78(72)64-39-17-20-42-68(64)82(70)58-32-12-4-13-33-58/h1-49H,50H2. The van der Waals surface area contributed by atoms with Gasteiger partial charge in [-0.3, -0.25) is 0 Å². The molecule has 0 amide bonds. The van der Waals surface area contributed by atoms with Gasteiger partial charge in [0.2, 0.25) is 0 Å². The minimum atomic E-state index is -0.392. The lowest BCUT2D eigenvalue weighted by Crippen LogP contribution is -2.61. The van der Waals surface area contributed by atoms with Crippen LogP contribution in [0.15, 0.2) is 297 Å². The largest absolute Gasteiger partial charge is 0.457 e. The Balaban J connectivity index is 0.933. The van der Waals surface area contributed by atoms with E-state index < -0.39 is 5.97 Å². The number of fused-ring (bicyclic) bond motifs is 7. The first-order chi connectivity index (χ1) is 42.6. The molecule has 2 aliphatic heterocycles. The third-order valence-electron chi connectivity index (χ3n) is 16.7. The lowest BCUT2D eigenvalue weighted by Gasteiger charge is -2.44. The van der Waals surface area contributed by atoms with Gasteiger partial charge >= 0.3 is 5.97 Å². The van der Waals surface area contributed by atoms with Crippen molar-refractivity contribution in [3.05, 3.63) is 308 Å². The van der Waals surface area contributed by atoms with Crippen molar-refractivity contribution in [1.29, 1.82) is 0 Å². The van der Waals surface area contributed by atoms with Crippen LogP contribution in [0.3, 0.4) is 0 Å². The molecule has 0 aliphatic carbocycles. The summed E-state index contributed by atoms with van der Waals surface area (Å²) in [6, 6.07) is 104. The molecule has 0 radical (unpaired) electrons. The molecule has 0 spiro atoms. The van der Waals surface area contributed by atoms with Crippen LogP contribution in [0.2, 0.25) is 0 Å². The zero-order chi connectivity index (χ0) is 57.1. The number of nitrogens with zero attached hydrogens (tertiary/aromatic N) is 6. The molecule has 4 heterocycles. The highest BCUT2D eigenvalue weighted by atomic mass is 16.5. The van der Waals surface area contributed by atoms with Gasteiger partial charge in [0.15, 0.2) is 17.5 Å². The van der Waals surface area contributed by atoms with Gasteiger partial charge in [0.05, 0.1) is 22.3 Å². The van der Waals surface area contributed by atoms with E-state index >= 15 is 0 Å². The number of hydrogen-bond donors (Lipinski definition) is 0. The first kappa shape index (κ1) is 50.3. The molecule has 0 fully saturated rings. The van der Waals surface area contributed by atoms with E-state index in [0.717, 1.165) is 106 Å². The van der Waals surface area contributed by atoms with Gasteiger partial charge in [-0.05, 0) is 124 Å². The molecule has 0 atom stereocenters. The van der Waals surface area contributed by atoms with Gasteiger partial charge < -0.3 is 19.1 Å². The first-order valence-corrected chi connectivity index (χ1v) is 29.0. The second kappa shape index (κ2) is 21.1. The molecule has 2 aliphatic rings. The highest BCUT2D eigenvalue weighted by Crippen LogP contribution is 2.47. The molecule has 0 bridgehead atoms. The molecule has 0 saturated carbocycles. The van der Waals surface area contributed by atoms with Crippen LogP contribution in [0.1, 0.15) is 15.9 Å². The summed E-state index contributed by atoms with van der Waals surface area (Å²) in [4.78, 5) is 34.8. The van der Waals surface area contributed by atoms with Gasteiger partial charge in [-0.2, -0.15) is 0 Å². The normalized spacial score (nSPS) is 12.2. The number of hydrogen-bond acceptors (Lipinski definition) is 7. The van der Waals surface area contributed by atoms with Crippen LogP contribution in [-0.2, 0) is 11.3 Å². The van der Waals surface area contributed by atoms with Crippen molar-refractivity contribution in [3.8, 4) is 62.1 Å². The zero-order valence-corrected chi connectivity index (χ0v) is 46.6. The summed E-state index contributed by atoms with van der Waals surface area (Å²) < 4.78 is 8.25. The Hall–Kier alpha value is -11.4. The molecule has 12 aromatic carbocycles. The van der Waals surface area contributed by atoms with E-state index in [0.29, 0.717) is 23.0 Å². The predicted molar refractivity (Wildman–Crippen MR) is 351 cm³/mol. The van der Waals surface area contributed by atoms with Crippen molar-refractivity contribution in [1.82, 2.24) is 19.5 Å². The number of esters is 1. The van der Waals surface area contributed by atoms with E-state index in [1.54, 1.807) is 0 Å². The zero-order valence-electron chi connectivity index (χ0n) is 46.6. The van der Waals surface area contributed by atoms with Crippen LogP contribution < -0.4 is 26.2 Å². The van der Waals surface area contributed by atoms with Gasteiger partial charge in [-0.25, -0.2) is 19.7 Å². The number of anilines is 6. The number of benzene rings is 12. The van der Waals surface area contributed by atoms with Gasteiger partial charge in [0, 0.05) is 67.2 Å². The average molecular weight is 1100 g/mol. The number of carbonyl (C=O) groups is 1. The molecule has 0 N–H and O–H groups in total. The Morgan fingerprint density at radius 2 is 0.860 bits per heavy atom. The van der Waals surface area contributed by atoms with Crippen molar-refractivity contribution in [2.24, 2.45) is 0 Å². The van der Waals surface area contributed by atoms with Crippen LogP contribution in [0, 0.1) is 0 Å². The highest BCUT2D eigenvalue weighted by Gasteiger charge is 2.43. The predicted octanol–water partition coefficient (Wildman–Crippen LogP) is 16.7. The third kappa shape index (κ3) is 8.63. The fraction of sp³-hybridized carbons (Fsp3) is 0.0130. The first-order valence-electron chi connectivity index (χ1n) is 29.0. The van der Waals surface area contributed by atoms with Crippen molar-refractivity contribution in [3.63, 3.8) is 0 Å². The van der Waals surface area contributed by atoms with Crippen LogP contribution in [0.4, 0.5) is 34.1 Å². The summed E-state index contributed by atoms with van der Waals surface area (Å²) in [5, 5.41) is 1.89. The van der Waals surface area contributed by atoms with E-state index in [1.165, 1.54) is 16.4 Å². The minimum Gasteiger partial charge on any atom is -0.457 e. The summed E-state index contributed by atoms with van der Waals surface area (Å²) in [7, 11) is 0. The molecule has 14 aromatic rings. The molecule has 404 valence electrons. The third-order valence-corrected chi connectivity index (χ3v) is 16.7. The summed E-state index contributed by atoms with van der Waals surface area (Å²) >= 11 is 0. The fourth-order valence-electron chi connectivity index (χ4n) is 12.9. The second-order valence-corrected chi connectivity index (χ2v) is 21.8. The second-order valence-electron chi connectivity index (χ2n) is 21.8. The SMILES string of the molecule is O=C(OCc1ccccc1)c1ccc2c(c1)c1ccccc1n2-c1c(-c2cccc(-c3cc4c5c(c3)N(c3ccccc3)c3ccccc3B5c3ccccc3N4c3ccccc3)c2)cccc1-c1nc(-c2ccccc2)nc(-c2ccccc2)n1. The highest BCUT2D eigenvalue weighted by molar-refractivity contribution is 7.00. The summed E-state index contributed by atoms with van der Waals surface area (Å²) in [6.45, 7) is 0.156. The molecule has 8 nitrogen and oxygen atoms in total. The van der Waals surface area contributed by atoms with Crippen molar-refractivity contribution >= 4 is 85.0 Å². The summed E-state index contributed by atoms with van der Waals surface area (Å²) in [5.41, 5.74) is 21.3. The van der Waals surface area contributed by atoms with Crippen LogP contribution in [0.25, 0.3) is 83.9 Å². The van der Waals surface area contributed by atoms with Gasteiger partial charge in [0.1, 0.15) is 6.61 Å². The maximum absolute atomic E-state index is 14.0. The lowest BCUT2D eigenvalue weighted by atomic mass is 9.33. The van der Waals surface area contributed by atoms with Gasteiger partial charge in [-0.15, -0.1) is 0 Å². The van der Waals surface area contributed by atoms with Crippen LogP contribution >= 0.6 is 0 Å². The average Bonchev–Trinajstić information content (AvgIpc) is 0.876. The molecule has 86 heavy (non-hydrogen) atoms. The number of ether oxygens (including phenoxy) is 1. The van der Waals surface area contributed by atoms with Crippen LogP contribution in [-0.4, -0.2) is 32.2 Å². The van der Waals surface area contributed by atoms with E-state index in [-0.39, 0.29) is 13.3 Å². The fourth-order valence-corrected chi connectivity index (χ4v) is 12.9.